The lowest BCUT2D eigenvalue weighted by Gasteiger charge is -2.32. The summed E-state index contributed by atoms with van der Waals surface area (Å²) in [7, 11) is 0. The molecule has 0 radical (unpaired) electrons. The Bertz CT molecular complexity index is 440. The minimum atomic E-state index is 0.611. The van der Waals surface area contributed by atoms with Crippen molar-refractivity contribution in [1.82, 2.24) is 15.1 Å². The summed E-state index contributed by atoms with van der Waals surface area (Å²) >= 11 is 0. The Morgan fingerprint density at radius 2 is 1.76 bits per heavy atom. The standard InChI is InChI=1S/C18H33N3/c1-6-8-19-9-7-18-15(4)20-21(16(18)5)17-11-13(2)10-14(3)12-17/h13-14,17,19H,6-12H2,1-5H3. The van der Waals surface area contributed by atoms with Crippen molar-refractivity contribution in [2.45, 2.75) is 72.8 Å². The molecule has 21 heavy (non-hydrogen) atoms. The van der Waals surface area contributed by atoms with E-state index in [4.69, 9.17) is 5.10 Å². The van der Waals surface area contributed by atoms with Gasteiger partial charge in [-0.15, -0.1) is 0 Å². The molecule has 2 unspecified atom stereocenters. The number of nitrogens with zero attached hydrogens (tertiary/aromatic N) is 2. The molecule has 1 aliphatic rings. The molecule has 0 spiro atoms. The molecule has 0 bridgehead atoms. The van der Waals surface area contributed by atoms with Crippen molar-refractivity contribution in [3.05, 3.63) is 17.0 Å². The van der Waals surface area contributed by atoms with Gasteiger partial charge in [-0.25, -0.2) is 0 Å². The fraction of sp³-hybridized carbons (Fsp3) is 0.833. The molecule has 1 fully saturated rings. The van der Waals surface area contributed by atoms with Gasteiger partial charge in [-0.2, -0.15) is 5.10 Å². The van der Waals surface area contributed by atoms with E-state index in [-0.39, 0.29) is 0 Å². The van der Waals surface area contributed by atoms with Crippen LogP contribution in [-0.4, -0.2) is 22.9 Å². The quantitative estimate of drug-likeness (QED) is 0.802. The van der Waals surface area contributed by atoms with Gasteiger partial charge in [0.05, 0.1) is 11.7 Å². The van der Waals surface area contributed by atoms with Gasteiger partial charge < -0.3 is 5.32 Å². The third-order valence-electron chi connectivity index (χ3n) is 4.95. The third kappa shape index (κ3) is 4.09. The highest BCUT2D eigenvalue weighted by molar-refractivity contribution is 5.25. The molecule has 1 N–H and O–H groups in total. The second kappa shape index (κ2) is 7.44. The first-order valence-electron chi connectivity index (χ1n) is 8.78. The zero-order valence-corrected chi connectivity index (χ0v) is 14.6. The molecule has 1 aromatic heterocycles. The maximum Gasteiger partial charge on any atom is 0.0629 e. The Balaban J connectivity index is 2.07. The molecule has 120 valence electrons. The van der Waals surface area contributed by atoms with Gasteiger partial charge in [0.25, 0.3) is 0 Å². The highest BCUT2D eigenvalue weighted by Crippen LogP contribution is 2.36. The summed E-state index contributed by atoms with van der Waals surface area (Å²) < 4.78 is 2.34. The largest absolute Gasteiger partial charge is 0.316 e. The number of aryl methyl sites for hydroxylation is 1. The summed E-state index contributed by atoms with van der Waals surface area (Å²) in [6.45, 7) is 13.6. The van der Waals surface area contributed by atoms with E-state index < -0.39 is 0 Å². The number of hydrogen-bond acceptors (Lipinski definition) is 2. The Kier molecular flexibility index (Phi) is 5.86. The van der Waals surface area contributed by atoms with Crippen LogP contribution in [0.3, 0.4) is 0 Å². The van der Waals surface area contributed by atoms with E-state index in [2.05, 4.69) is 44.6 Å². The molecule has 0 aromatic carbocycles. The van der Waals surface area contributed by atoms with Crippen LogP contribution in [0.4, 0.5) is 0 Å². The number of rotatable bonds is 6. The van der Waals surface area contributed by atoms with E-state index in [0.717, 1.165) is 31.3 Å². The van der Waals surface area contributed by atoms with Gasteiger partial charge in [0.2, 0.25) is 0 Å². The summed E-state index contributed by atoms with van der Waals surface area (Å²) in [5, 5.41) is 8.39. The molecule has 0 amide bonds. The lowest BCUT2D eigenvalue weighted by atomic mass is 9.80. The monoisotopic (exact) mass is 291 g/mol. The minimum absolute atomic E-state index is 0.611. The van der Waals surface area contributed by atoms with Gasteiger partial charge in [-0.05, 0) is 76.4 Å². The highest BCUT2D eigenvalue weighted by atomic mass is 15.3. The maximum absolute atomic E-state index is 4.89. The van der Waals surface area contributed by atoms with Crippen LogP contribution >= 0.6 is 0 Å². The van der Waals surface area contributed by atoms with E-state index >= 15 is 0 Å². The van der Waals surface area contributed by atoms with Crippen molar-refractivity contribution >= 4 is 0 Å². The normalized spacial score (nSPS) is 26.2. The van der Waals surface area contributed by atoms with E-state index in [1.165, 1.54) is 42.6 Å². The lowest BCUT2D eigenvalue weighted by molar-refractivity contribution is 0.207. The molecular weight excluding hydrogens is 258 g/mol. The van der Waals surface area contributed by atoms with Crippen LogP contribution in [0.15, 0.2) is 0 Å². The zero-order valence-electron chi connectivity index (χ0n) is 14.6. The average Bonchev–Trinajstić information content (AvgIpc) is 2.70. The summed E-state index contributed by atoms with van der Waals surface area (Å²) in [5.41, 5.74) is 4.10. The van der Waals surface area contributed by atoms with Crippen molar-refractivity contribution in [2.24, 2.45) is 11.8 Å². The topological polar surface area (TPSA) is 29.9 Å². The Labute approximate surface area is 130 Å². The van der Waals surface area contributed by atoms with Crippen LogP contribution in [0.2, 0.25) is 0 Å². The Morgan fingerprint density at radius 1 is 1.10 bits per heavy atom. The van der Waals surface area contributed by atoms with E-state index in [0.29, 0.717) is 6.04 Å². The second-order valence-corrected chi connectivity index (χ2v) is 7.17. The van der Waals surface area contributed by atoms with Crippen LogP contribution < -0.4 is 5.32 Å². The maximum atomic E-state index is 4.89. The van der Waals surface area contributed by atoms with Gasteiger partial charge in [-0.3, -0.25) is 4.68 Å². The van der Waals surface area contributed by atoms with Gasteiger partial charge in [0, 0.05) is 5.69 Å². The minimum Gasteiger partial charge on any atom is -0.316 e. The van der Waals surface area contributed by atoms with Crippen molar-refractivity contribution in [2.75, 3.05) is 13.1 Å². The van der Waals surface area contributed by atoms with Crippen LogP contribution in [0.25, 0.3) is 0 Å². The van der Waals surface area contributed by atoms with E-state index in [9.17, 15) is 0 Å². The summed E-state index contributed by atoms with van der Waals surface area (Å²) in [4.78, 5) is 0. The number of nitrogens with one attached hydrogen (secondary N) is 1. The van der Waals surface area contributed by atoms with E-state index in [1.54, 1.807) is 0 Å². The Hall–Kier alpha value is -0.830. The molecule has 1 saturated carbocycles. The molecule has 0 aliphatic heterocycles. The molecule has 1 heterocycles. The van der Waals surface area contributed by atoms with Gasteiger partial charge in [0.15, 0.2) is 0 Å². The van der Waals surface area contributed by atoms with Crippen LogP contribution in [0.1, 0.15) is 69.4 Å². The van der Waals surface area contributed by atoms with Crippen molar-refractivity contribution < 1.29 is 0 Å². The smallest absolute Gasteiger partial charge is 0.0629 e. The van der Waals surface area contributed by atoms with Crippen molar-refractivity contribution in [3.63, 3.8) is 0 Å². The lowest BCUT2D eigenvalue weighted by Crippen LogP contribution is -2.24. The number of aromatic nitrogens is 2. The summed E-state index contributed by atoms with van der Waals surface area (Å²) in [6.07, 6.45) is 6.27. The molecule has 3 heteroatoms. The third-order valence-corrected chi connectivity index (χ3v) is 4.95. The second-order valence-electron chi connectivity index (χ2n) is 7.17. The fourth-order valence-corrected chi connectivity index (χ4v) is 4.03. The summed E-state index contributed by atoms with van der Waals surface area (Å²) in [6, 6.07) is 0.611. The average molecular weight is 291 g/mol. The summed E-state index contributed by atoms with van der Waals surface area (Å²) in [5.74, 6) is 1.66. The molecular formula is C18H33N3. The molecule has 1 aromatic rings. The predicted molar refractivity (Wildman–Crippen MR) is 89.8 cm³/mol. The predicted octanol–water partition coefficient (Wildman–Crippen LogP) is 4.04. The molecule has 1 aliphatic carbocycles. The molecule has 2 atom stereocenters. The van der Waals surface area contributed by atoms with Crippen molar-refractivity contribution in [1.29, 1.82) is 0 Å². The van der Waals surface area contributed by atoms with E-state index in [1.807, 2.05) is 0 Å². The van der Waals surface area contributed by atoms with Gasteiger partial charge in [0.1, 0.15) is 0 Å². The highest BCUT2D eigenvalue weighted by Gasteiger charge is 2.27. The first-order valence-corrected chi connectivity index (χ1v) is 8.78. The van der Waals surface area contributed by atoms with Gasteiger partial charge in [-0.1, -0.05) is 20.8 Å². The fourth-order valence-electron chi connectivity index (χ4n) is 4.03. The molecule has 0 saturated heterocycles. The zero-order chi connectivity index (χ0) is 15.4. The number of hydrogen-bond donors (Lipinski definition) is 1. The first-order chi connectivity index (χ1) is 10.0. The molecule has 3 nitrogen and oxygen atoms in total. The molecule has 2 rings (SSSR count). The van der Waals surface area contributed by atoms with Crippen LogP contribution in [0.5, 0.6) is 0 Å². The van der Waals surface area contributed by atoms with Gasteiger partial charge >= 0.3 is 0 Å². The van der Waals surface area contributed by atoms with Crippen molar-refractivity contribution in [3.8, 4) is 0 Å². The van der Waals surface area contributed by atoms with Crippen LogP contribution in [0, 0.1) is 25.7 Å². The van der Waals surface area contributed by atoms with Crippen LogP contribution in [-0.2, 0) is 6.42 Å². The first kappa shape index (κ1) is 16.5. The Morgan fingerprint density at radius 3 is 2.38 bits per heavy atom. The SMILES string of the molecule is CCCNCCc1c(C)nn(C2CC(C)CC(C)C2)c1C.